The fourth-order valence-electron chi connectivity index (χ4n) is 2.36. The lowest BCUT2D eigenvalue weighted by Gasteiger charge is -2.19. The van der Waals surface area contributed by atoms with E-state index in [1.54, 1.807) is 7.11 Å². The summed E-state index contributed by atoms with van der Waals surface area (Å²) >= 11 is 6.29. The van der Waals surface area contributed by atoms with E-state index < -0.39 is 0 Å². The van der Waals surface area contributed by atoms with Crippen LogP contribution in [0.4, 0.5) is 0 Å². The maximum atomic E-state index is 6.29. The summed E-state index contributed by atoms with van der Waals surface area (Å²) in [6.07, 6.45) is 0. The van der Waals surface area contributed by atoms with Crippen LogP contribution in [0.5, 0.6) is 5.75 Å². The van der Waals surface area contributed by atoms with Crippen LogP contribution in [0.3, 0.4) is 0 Å². The van der Waals surface area contributed by atoms with Crippen molar-refractivity contribution in [3.05, 3.63) is 29.4 Å². The van der Waals surface area contributed by atoms with Gasteiger partial charge in [0.15, 0.2) is 10.8 Å². The summed E-state index contributed by atoms with van der Waals surface area (Å²) in [6.45, 7) is 2.88. The number of nitrogens with zero attached hydrogens (tertiary/aromatic N) is 4. The van der Waals surface area contributed by atoms with Crippen LogP contribution in [-0.4, -0.2) is 46.9 Å². The number of ether oxygens (including phenoxy) is 1. The summed E-state index contributed by atoms with van der Waals surface area (Å²) in [5.41, 5.74) is 1.68. The molecule has 0 bridgehead atoms. The molecular formula is C16H19ClN4O. The van der Waals surface area contributed by atoms with Crippen molar-refractivity contribution in [3.8, 4) is 5.75 Å². The number of likely N-dealkylation sites (N-methyl/N-ethyl adjacent to an activating group) is 1. The Morgan fingerprint density at radius 2 is 2.09 bits per heavy atom. The molecular weight excluding hydrogens is 300 g/mol. The van der Waals surface area contributed by atoms with E-state index >= 15 is 0 Å². The molecule has 1 unspecified atom stereocenters. The number of hydrogen-bond donors (Lipinski definition) is 0. The van der Waals surface area contributed by atoms with Crippen LogP contribution in [0.2, 0.25) is 5.15 Å². The van der Waals surface area contributed by atoms with Gasteiger partial charge in [-0.15, -0.1) is 0 Å². The third kappa shape index (κ3) is 2.62. The Hall–Kier alpha value is -1.85. The molecule has 6 heteroatoms. The Kier molecular flexibility index (Phi) is 3.93. The van der Waals surface area contributed by atoms with Gasteiger partial charge in [-0.1, -0.05) is 11.6 Å². The number of aromatic nitrogens is 3. The lowest BCUT2D eigenvalue weighted by Crippen LogP contribution is -2.29. The van der Waals surface area contributed by atoms with Crippen molar-refractivity contribution < 1.29 is 4.74 Å². The molecule has 0 aliphatic rings. The van der Waals surface area contributed by atoms with E-state index in [0.29, 0.717) is 11.2 Å². The summed E-state index contributed by atoms with van der Waals surface area (Å²) in [5.74, 6) is 0.790. The number of fused-ring (bicyclic) bond motifs is 2. The van der Waals surface area contributed by atoms with Gasteiger partial charge in [0.2, 0.25) is 0 Å². The highest BCUT2D eigenvalue weighted by atomic mass is 35.5. The van der Waals surface area contributed by atoms with E-state index in [-0.39, 0.29) is 0 Å². The SMILES string of the molecule is COc1ccc2cc3c(Cl)nn(CC(C)N(C)C)c3nc2c1. The average Bonchev–Trinajstić information content (AvgIpc) is 2.80. The topological polar surface area (TPSA) is 43.2 Å². The predicted molar refractivity (Wildman–Crippen MR) is 89.7 cm³/mol. The van der Waals surface area contributed by atoms with Crippen LogP contribution in [-0.2, 0) is 6.54 Å². The Morgan fingerprint density at radius 1 is 1.32 bits per heavy atom. The molecule has 1 atom stereocenters. The highest BCUT2D eigenvalue weighted by Crippen LogP contribution is 2.27. The van der Waals surface area contributed by atoms with Crippen LogP contribution in [0, 0.1) is 0 Å². The van der Waals surface area contributed by atoms with Crippen LogP contribution in [0.1, 0.15) is 6.92 Å². The largest absolute Gasteiger partial charge is 0.497 e. The van der Waals surface area contributed by atoms with Gasteiger partial charge in [0, 0.05) is 17.5 Å². The lowest BCUT2D eigenvalue weighted by atomic mass is 10.2. The minimum Gasteiger partial charge on any atom is -0.497 e. The second kappa shape index (κ2) is 5.74. The second-order valence-electron chi connectivity index (χ2n) is 5.70. The average molecular weight is 319 g/mol. The van der Waals surface area contributed by atoms with Crippen molar-refractivity contribution in [2.75, 3.05) is 21.2 Å². The molecule has 0 fully saturated rings. The zero-order chi connectivity index (χ0) is 15.9. The quantitative estimate of drug-likeness (QED) is 0.741. The van der Waals surface area contributed by atoms with Gasteiger partial charge in [-0.25, -0.2) is 9.67 Å². The Morgan fingerprint density at radius 3 is 2.77 bits per heavy atom. The first kappa shape index (κ1) is 15.1. The molecule has 0 aliphatic heterocycles. The van der Waals surface area contributed by atoms with E-state index in [0.717, 1.165) is 34.2 Å². The molecule has 0 saturated carbocycles. The van der Waals surface area contributed by atoms with Gasteiger partial charge in [-0.3, -0.25) is 0 Å². The van der Waals surface area contributed by atoms with Gasteiger partial charge in [-0.2, -0.15) is 5.10 Å². The standard InChI is InChI=1S/C16H19ClN4O/c1-10(20(2)3)9-21-16-13(15(17)19-21)7-11-5-6-12(22-4)8-14(11)18-16/h5-8,10H,9H2,1-4H3. The van der Waals surface area contributed by atoms with E-state index in [1.165, 1.54) is 0 Å². The van der Waals surface area contributed by atoms with E-state index in [2.05, 4.69) is 16.9 Å². The molecule has 0 saturated heterocycles. The van der Waals surface area contributed by atoms with E-state index in [9.17, 15) is 0 Å². The first-order valence-electron chi connectivity index (χ1n) is 7.17. The molecule has 0 amide bonds. The fraction of sp³-hybridized carbons (Fsp3) is 0.375. The molecule has 1 aromatic carbocycles. The molecule has 0 radical (unpaired) electrons. The highest BCUT2D eigenvalue weighted by Gasteiger charge is 2.15. The van der Waals surface area contributed by atoms with E-state index in [4.69, 9.17) is 21.3 Å². The van der Waals surface area contributed by atoms with Crippen LogP contribution < -0.4 is 4.74 Å². The minimum absolute atomic E-state index is 0.335. The van der Waals surface area contributed by atoms with Crippen molar-refractivity contribution in [2.45, 2.75) is 19.5 Å². The van der Waals surface area contributed by atoms with Crippen LogP contribution in [0.25, 0.3) is 21.9 Å². The van der Waals surface area contributed by atoms with Gasteiger partial charge in [0.1, 0.15) is 5.75 Å². The Balaban J connectivity index is 2.15. The maximum absolute atomic E-state index is 6.29. The zero-order valence-electron chi connectivity index (χ0n) is 13.2. The first-order chi connectivity index (χ1) is 10.5. The Labute approximate surface area is 134 Å². The highest BCUT2D eigenvalue weighted by molar-refractivity contribution is 6.34. The van der Waals surface area contributed by atoms with Gasteiger partial charge < -0.3 is 9.64 Å². The minimum atomic E-state index is 0.335. The summed E-state index contributed by atoms with van der Waals surface area (Å²) in [6, 6.07) is 8.19. The van der Waals surface area contributed by atoms with Gasteiger partial charge in [-0.05, 0) is 39.2 Å². The Bertz CT molecular complexity index is 828. The number of hydrogen-bond acceptors (Lipinski definition) is 4. The lowest BCUT2D eigenvalue weighted by molar-refractivity contribution is 0.278. The molecule has 0 spiro atoms. The molecule has 5 nitrogen and oxygen atoms in total. The number of methoxy groups -OCH3 is 1. The monoisotopic (exact) mass is 318 g/mol. The maximum Gasteiger partial charge on any atom is 0.160 e. The summed E-state index contributed by atoms with van der Waals surface area (Å²) < 4.78 is 7.15. The fourth-order valence-corrected chi connectivity index (χ4v) is 2.59. The summed E-state index contributed by atoms with van der Waals surface area (Å²) in [4.78, 5) is 6.88. The first-order valence-corrected chi connectivity index (χ1v) is 7.54. The van der Waals surface area contributed by atoms with Crippen LogP contribution >= 0.6 is 11.6 Å². The normalized spacial score (nSPS) is 13.2. The molecule has 0 N–H and O–H groups in total. The number of benzene rings is 1. The van der Waals surface area contributed by atoms with Crippen molar-refractivity contribution >= 4 is 33.5 Å². The smallest absolute Gasteiger partial charge is 0.160 e. The summed E-state index contributed by atoms with van der Waals surface area (Å²) in [5, 5.41) is 6.83. The molecule has 2 aromatic heterocycles. The predicted octanol–water partition coefficient (Wildman–Crippen LogP) is 3.20. The van der Waals surface area contributed by atoms with Crippen molar-refractivity contribution in [2.24, 2.45) is 0 Å². The van der Waals surface area contributed by atoms with Crippen molar-refractivity contribution in [1.29, 1.82) is 0 Å². The van der Waals surface area contributed by atoms with Gasteiger partial charge in [0.25, 0.3) is 0 Å². The number of halogens is 1. The van der Waals surface area contributed by atoms with Crippen molar-refractivity contribution in [1.82, 2.24) is 19.7 Å². The summed E-state index contributed by atoms with van der Waals surface area (Å²) in [7, 11) is 5.75. The van der Waals surface area contributed by atoms with Crippen molar-refractivity contribution in [3.63, 3.8) is 0 Å². The molecule has 3 rings (SSSR count). The van der Waals surface area contributed by atoms with Gasteiger partial charge >= 0.3 is 0 Å². The second-order valence-corrected chi connectivity index (χ2v) is 6.06. The zero-order valence-corrected chi connectivity index (χ0v) is 13.9. The van der Waals surface area contributed by atoms with Gasteiger partial charge in [0.05, 0.1) is 24.6 Å². The number of pyridine rings is 1. The third-order valence-electron chi connectivity index (χ3n) is 4.00. The molecule has 2 heterocycles. The molecule has 0 aliphatic carbocycles. The molecule has 22 heavy (non-hydrogen) atoms. The third-order valence-corrected chi connectivity index (χ3v) is 4.28. The van der Waals surface area contributed by atoms with E-state index in [1.807, 2.05) is 43.0 Å². The van der Waals surface area contributed by atoms with Crippen LogP contribution in [0.15, 0.2) is 24.3 Å². The number of rotatable bonds is 4. The molecule has 116 valence electrons. The molecule has 3 aromatic rings.